The van der Waals surface area contributed by atoms with Crippen LogP contribution in [0.1, 0.15) is 91.2 Å². The number of carbonyl (C=O) groups is 1. The first-order valence-electron chi connectivity index (χ1n) is 11.9. The summed E-state index contributed by atoms with van der Waals surface area (Å²) in [4.78, 5) is 12.6. The van der Waals surface area contributed by atoms with E-state index in [1.54, 1.807) is 19.9 Å². The van der Waals surface area contributed by atoms with E-state index in [0.717, 1.165) is 70.3 Å². The number of aromatic nitrogens is 1. The molecule has 0 radical (unpaired) electrons. The SMILES string of the molecule is CCC(C)S(=O)(=O)C(C)(C)C(=O)Nc1cc(CCCCCCCOC2CCCCO2)no1. The van der Waals surface area contributed by atoms with E-state index < -0.39 is 25.7 Å². The van der Waals surface area contributed by atoms with Gasteiger partial charge in [-0.15, -0.1) is 0 Å². The van der Waals surface area contributed by atoms with Crippen LogP contribution in [-0.2, 0) is 30.5 Å². The molecule has 0 saturated carbocycles. The van der Waals surface area contributed by atoms with Crippen LogP contribution in [0, 0.1) is 0 Å². The van der Waals surface area contributed by atoms with Crippen molar-refractivity contribution in [3.8, 4) is 0 Å². The number of anilines is 1. The smallest absolute Gasteiger partial charge is 0.247 e. The molecule has 1 aromatic heterocycles. The fourth-order valence-corrected chi connectivity index (χ4v) is 5.35. The molecular formula is C23H40N2O6S. The van der Waals surface area contributed by atoms with Crippen LogP contribution in [0.4, 0.5) is 5.88 Å². The highest BCUT2D eigenvalue weighted by Crippen LogP contribution is 2.25. The number of ether oxygens (including phenoxy) is 2. The van der Waals surface area contributed by atoms with Crippen molar-refractivity contribution < 1.29 is 27.2 Å². The number of rotatable bonds is 14. The van der Waals surface area contributed by atoms with Gasteiger partial charge >= 0.3 is 0 Å². The zero-order chi connectivity index (χ0) is 23.6. The Bertz CT molecular complexity index is 799. The Morgan fingerprint density at radius 1 is 1.25 bits per heavy atom. The highest BCUT2D eigenvalue weighted by molar-refractivity contribution is 7.94. The number of sulfone groups is 1. The first kappa shape index (κ1) is 26.8. The lowest BCUT2D eigenvalue weighted by Gasteiger charge is -2.26. The zero-order valence-electron chi connectivity index (χ0n) is 20.0. The van der Waals surface area contributed by atoms with Gasteiger partial charge in [-0.1, -0.05) is 31.3 Å². The Morgan fingerprint density at radius 2 is 1.97 bits per heavy atom. The van der Waals surface area contributed by atoms with E-state index in [0.29, 0.717) is 6.42 Å². The first-order valence-corrected chi connectivity index (χ1v) is 13.5. The lowest BCUT2D eigenvalue weighted by molar-refractivity contribution is -0.162. The molecule has 1 fully saturated rings. The van der Waals surface area contributed by atoms with Crippen LogP contribution in [0.3, 0.4) is 0 Å². The number of carbonyl (C=O) groups excluding carboxylic acids is 1. The Labute approximate surface area is 192 Å². The summed E-state index contributed by atoms with van der Waals surface area (Å²) >= 11 is 0. The number of nitrogens with zero attached hydrogens (tertiary/aromatic N) is 1. The minimum absolute atomic E-state index is 0.00803. The van der Waals surface area contributed by atoms with E-state index in [-0.39, 0.29) is 12.2 Å². The van der Waals surface area contributed by atoms with E-state index in [1.807, 2.05) is 0 Å². The number of hydrogen-bond donors (Lipinski definition) is 1. The van der Waals surface area contributed by atoms with Crippen molar-refractivity contribution in [1.29, 1.82) is 0 Å². The van der Waals surface area contributed by atoms with Crippen molar-refractivity contribution in [3.63, 3.8) is 0 Å². The molecule has 2 unspecified atom stereocenters. The van der Waals surface area contributed by atoms with Gasteiger partial charge in [0.1, 0.15) is 4.75 Å². The Kier molecular flexibility index (Phi) is 10.6. The van der Waals surface area contributed by atoms with Crippen LogP contribution in [0.2, 0.25) is 0 Å². The number of aryl methyl sites for hydroxylation is 1. The maximum atomic E-state index is 12.6. The Balaban J connectivity index is 1.64. The molecule has 2 heterocycles. The van der Waals surface area contributed by atoms with Gasteiger partial charge in [0, 0.05) is 19.3 Å². The average Bonchev–Trinajstić information content (AvgIpc) is 3.22. The molecule has 1 aliphatic rings. The summed E-state index contributed by atoms with van der Waals surface area (Å²) in [6.07, 6.45) is 9.85. The standard InChI is InChI=1S/C23H40N2O6S/c1-5-18(2)32(27,28)23(3,4)22(26)24-20-17-19(25-31-20)13-9-7-6-8-11-15-29-21-14-10-12-16-30-21/h17-18,21H,5-16H2,1-4H3,(H,24,26). The van der Waals surface area contributed by atoms with E-state index in [9.17, 15) is 13.2 Å². The van der Waals surface area contributed by atoms with Crippen molar-refractivity contribution >= 4 is 21.6 Å². The highest BCUT2D eigenvalue weighted by Gasteiger charge is 2.44. The van der Waals surface area contributed by atoms with Gasteiger partial charge in [0.2, 0.25) is 11.8 Å². The summed E-state index contributed by atoms with van der Waals surface area (Å²) in [6.45, 7) is 7.82. The molecule has 1 N–H and O–H groups in total. The minimum atomic E-state index is -3.63. The fourth-order valence-electron chi connectivity index (χ4n) is 3.60. The van der Waals surface area contributed by atoms with Crippen LogP contribution in [0.5, 0.6) is 0 Å². The van der Waals surface area contributed by atoms with Crippen molar-refractivity contribution in [3.05, 3.63) is 11.8 Å². The molecule has 0 aromatic carbocycles. The van der Waals surface area contributed by atoms with Gasteiger partial charge in [0.05, 0.1) is 10.9 Å². The molecule has 1 amide bonds. The van der Waals surface area contributed by atoms with E-state index in [1.165, 1.54) is 20.3 Å². The van der Waals surface area contributed by atoms with Crippen LogP contribution in [0.25, 0.3) is 0 Å². The van der Waals surface area contributed by atoms with Crippen molar-refractivity contribution in [2.45, 2.75) is 108 Å². The number of nitrogens with one attached hydrogen (secondary N) is 1. The maximum Gasteiger partial charge on any atom is 0.247 e. The van der Waals surface area contributed by atoms with Gasteiger partial charge in [-0.2, -0.15) is 0 Å². The summed E-state index contributed by atoms with van der Waals surface area (Å²) in [7, 11) is -3.63. The van der Waals surface area contributed by atoms with Crippen LogP contribution in [0.15, 0.2) is 10.6 Å². The van der Waals surface area contributed by atoms with Gasteiger partial charge in [-0.3, -0.25) is 10.1 Å². The summed E-state index contributed by atoms with van der Waals surface area (Å²) in [5, 5.41) is 5.96. The summed E-state index contributed by atoms with van der Waals surface area (Å²) in [6, 6.07) is 1.67. The monoisotopic (exact) mass is 472 g/mol. The molecule has 2 atom stereocenters. The molecule has 0 spiro atoms. The predicted octanol–water partition coefficient (Wildman–Crippen LogP) is 4.64. The number of unbranched alkanes of at least 4 members (excludes halogenated alkanes) is 4. The van der Waals surface area contributed by atoms with Gasteiger partial charge in [0.25, 0.3) is 0 Å². The van der Waals surface area contributed by atoms with Gasteiger partial charge < -0.3 is 14.0 Å². The quantitative estimate of drug-likeness (QED) is 0.393. The Hall–Kier alpha value is -1.45. The van der Waals surface area contributed by atoms with Gasteiger partial charge in [0.15, 0.2) is 16.1 Å². The molecule has 1 aromatic rings. The summed E-state index contributed by atoms with van der Waals surface area (Å²) < 4.78 is 40.2. The second-order valence-electron chi connectivity index (χ2n) is 9.10. The lowest BCUT2D eigenvalue weighted by atomic mass is 10.1. The molecular weight excluding hydrogens is 432 g/mol. The summed E-state index contributed by atoms with van der Waals surface area (Å²) in [5.74, 6) is -0.430. The minimum Gasteiger partial charge on any atom is -0.353 e. The zero-order valence-corrected chi connectivity index (χ0v) is 20.8. The van der Waals surface area contributed by atoms with E-state index >= 15 is 0 Å². The first-order chi connectivity index (χ1) is 15.2. The normalized spacial score (nSPS) is 18.4. The van der Waals surface area contributed by atoms with Crippen LogP contribution >= 0.6 is 0 Å². The average molecular weight is 473 g/mol. The van der Waals surface area contributed by atoms with Gasteiger partial charge in [-0.25, -0.2) is 8.42 Å². The second-order valence-corrected chi connectivity index (χ2v) is 12.0. The third-order valence-corrected chi connectivity index (χ3v) is 9.18. The second kappa shape index (κ2) is 12.7. The van der Waals surface area contributed by atoms with Crippen molar-refractivity contribution in [2.24, 2.45) is 0 Å². The maximum absolute atomic E-state index is 12.6. The largest absolute Gasteiger partial charge is 0.353 e. The third kappa shape index (κ3) is 7.56. The number of hydrogen-bond acceptors (Lipinski definition) is 7. The molecule has 184 valence electrons. The molecule has 8 nitrogen and oxygen atoms in total. The van der Waals surface area contributed by atoms with Crippen LogP contribution in [-0.4, -0.2) is 49.0 Å². The molecule has 0 bridgehead atoms. The summed E-state index contributed by atoms with van der Waals surface area (Å²) in [5.41, 5.74) is 0.751. The topological polar surface area (TPSA) is 108 Å². The molecule has 1 saturated heterocycles. The van der Waals surface area contributed by atoms with Crippen molar-refractivity contribution in [1.82, 2.24) is 5.16 Å². The van der Waals surface area contributed by atoms with Gasteiger partial charge in [-0.05, 0) is 65.7 Å². The van der Waals surface area contributed by atoms with Crippen LogP contribution < -0.4 is 5.32 Å². The molecule has 9 heteroatoms. The molecule has 0 aliphatic carbocycles. The predicted molar refractivity (Wildman–Crippen MR) is 124 cm³/mol. The molecule has 2 rings (SSSR count). The Morgan fingerprint density at radius 3 is 2.66 bits per heavy atom. The third-order valence-electron chi connectivity index (χ3n) is 6.18. The van der Waals surface area contributed by atoms with E-state index in [2.05, 4.69) is 10.5 Å². The lowest BCUT2D eigenvalue weighted by Crippen LogP contribution is -2.48. The highest BCUT2D eigenvalue weighted by atomic mass is 32.2. The van der Waals surface area contributed by atoms with E-state index in [4.69, 9.17) is 14.0 Å². The fraction of sp³-hybridized carbons (Fsp3) is 0.826. The molecule has 32 heavy (non-hydrogen) atoms. The molecule has 1 aliphatic heterocycles. The van der Waals surface area contributed by atoms with Crippen molar-refractivity contribution in [2.75, 3.05) is 18.5 Å². The number of amides is 1.